The molecule has 0 bridgehead atoms. The summed E-state index contributed by atoms with van der Waals surface area (Å²) in [4.78, 5) is 6.69. The summed E-state index contributed by atoms with van der Waals surface area (Å²) in [5.41, 5.74) is -1.54. The van der Waals surface area contributed by atoms with Gasteiger partial charge >= 0.3 is 6.18 Å². The van der Waals surface area contributed by atoms with Crippen molar-refractivity contribution in [1.29, 1.82) is 0 Å². The van der Waals surface area contributed by atoms with Crippen molar-refractivity contribution in [3.8, 4) is 11.3 Å². The van der Waals surface area contributed by atoms with Gasteiger partial charge in [0.15, 0.2) is 0 Å². The Morgan fingerprint density at radius 2 is 1.79 bits per heavy atom. The number of hydrogen-bond donors (Lipinski definition) is 0. The molecule has 0 aliphatic rings. The molecular formula is C11H4BrClF4N2. The van der Waals surface area contributed by atoms with Crippen molar-refractivity contribution in [3.63, 3.8) is 0 Å². The van der Waals surface area contributed by atoms with Gasteiger partial charge in [0.25, 0.3) is 0 Å². The molecule has 0 N–H and O–H groups in total. The van der Waals surface area contributed by atoms with Gasteiger partial charge in [-0.05, 0) is 35.9 Å². The molecule has 0 aliphatic heterocycles. The van der Waals surface area contributed by atoms with Crippen LogP contribution in [0.25, 0.3) is 11.3 Å². The lowest BCUT2D eigenvalue weighted by Gasteiger charge is -2.09. The molecule has 100 valence electrons. The van der Waals surface area contributed by atoms with Crippen molar-refractivity contribution < 1.29 is 17.6 Å². The third-order valence-corrected chi connectivity index (χ3v) is 2.86. The van der Waals surface area contributed by atoms with Crippen LogP contribution in [-0.2, 0) is 6.18 Å². The van der Waals surface area contributed by atoms with Gasteiger partial charge in [-0.3, -0.25) is 0 Å². The zero-order chi connectivity index (χ0) is 14.2. The van der Waals surface area contributed by atoms with Crippen LogP contribution in [0.2, 0.25) is 5.28 Å². The molecule has 1 aromatic carbocycles. The van der Waals surface area contributed by atoms with Gasteiger partial charge in [-0.1, -0.05) is 15.9 Å². The van der Waals surface area contributed by atoms with Crippen LogP contribution in [0.1, 0.15) is 5.69 Å². The first-order valence-electron chi connectivity index (χ1n) is 4.84. The highest BCUT2D eigenvalue weighted by Gasteiger charge is 2.33. The van der Waals surface area contributed by atoms with E-state index in [0.717, 1.165) is 6.07 Å². The zero-order valence-corrected chi connectivity index (χ0v) is 11.3. The first-order chi connectivity index (χ1) is 8.77. The number of nitrogens with zero attached hydrogens (tertiary/aromatic N) is 2. The minimum absolute atomic E-state index is 0.0934. The summed E-state index contributed by atoms with van der Waals surface area (Å²) in [5, 5.41) is -0.593. The van der Waals surface area contributed by atoms with Crippen LogP contribution >= 0.6 is 27.5 Å². The molecule has 0 spiro atoms. The molecule has 8 heteroatoms. The van der Waals surface area contributed by atoms with Crippen LogP contribution in [0.5, 0.6) is 0 Å². The molecule has 0 saturated carbocycles. The van der Waals surface area contributed by atoms with E-state index in [0.29, 0.717) is 10.5 Å². The highest BCUT2D eigenvalue weighted by atomic mass is 79.9. The summed E-state index contributed by atoms with van der Waals surface area (Å²) in [6.45, 7) is 0. The van der Waals surface area contributed by atoms with E-state index in [4.69, 9.17) is 11.6 Å². The van der Waals surface area contributed by atoms with Crippen LogP contribution in [0.3, 0.4) is 0 Å². The normalized spacial score (nSPS) is 11.7. The zero-order valence-electron chi connectivity index (χ0n) is 8.97. The maximum absolute atomic E-state index is 13.6. The smallest absolute Gasteiger partial charge is 0.218 e. The number of halogens is 6. The molecule has 1 heterocycles. The summed E-state index contributed by atoms with van der Waals surface area (Å²) >= 11 is 8.55. The monoisotopic (exact) mass is 354 g/mol. The van der Waals surface area contributed by atoms with E-state index in [1.54, 1.807) is 0 Å². The molecule has 1 aromatic heterocycles. The molecule has 0 unspecified atom stereocenters. The highest BCUT2D eigenvalue weighted by Crippen LogP contribution is 2.32. The fourth-order valence-electron chi connectivity index (χ4n) is 1.39. The first-order valence-corrected chi connectivity index (χ1v) is 6.01. The minimum atomic E-state index is -4.68. The Labute approximate surface area is 118 Å². The lowest BCUT2D eigenvalue weighted by atomic mass is 10.1. The maximum Gasteiger partial charge on any atom is 0.433 e. The van der Waals surface area contributed by atoms with Crippen molar-refractivity contribution in [2.75, 3.05) is 0 Å². The second-order valence-corrected chi connectivity index (χ2v) is 4.78. The van der Waals surface area contributed by atoms with Crippen LogP contribution in [-0.4, -0.2) is 9.97 Å². The molecule has 2 rings (SSSR count). The van der Waals surface area contributed by atoms with Crippen LogP contribution < -0.4 is 0 Å². The Kier molecular flexibility index (Phi) is 3.78. The van der Waals surface area contributed by atoms with Gasteiger partial charge in [0.05, 0.1) is 5.69 Å². The largest absolute Gasteiger partial charge is 0.433 e. The molecule has 0 amide bonds. The second kappa shape index (κ2) is 5.05. The van der Waals surface area contributed by atoms with Gasteiger partial charge in [-0.2, -0.15) is 13.2 Å². The molecular weight excluding hydrogens is 351 g/mol. The molecule has 2 nitrogen and oxygen atoms in total. The summed E-state index contributed by atoms with van der Waals surface area (Å²) < 4.78 is 51.9. The Bertz CT molecular complexity index is 631. The molecule has 0 fully saturated rings. The van der Waals surface area contributed by atoms with Gasteiger partial charge < -0.3 is 0 Å². The quantitative estimate of drug-likeness (QED) is 0.546. The van der Waals surface area contributed by atoms with E-state index >= 15 is 0 Å². The second-order valence-electron chi connectivity index (χ2n) is 3.53. The minimum Gasteiger partial charge on any atom is -0.218 e. The summed E-state index contributed by atoms with van der Waals surface area (Å²) in [6, 6.07) is 4.50. The molecule has 0 aliphatic carbocycles. The standard InChI is InChI=1S/C11H4BrClF4N2/c12-5-1-2-7(14)6(3-5)8-4-9(11(15,16)17)19-10(13)18-8/h1-4H. The molecule has 19 heavy (non-hydrogen) atoms. The van der Waals surface area contributed by atoms with E-state index in [2.05, 4.69) is 25.9 Å². The maximum atomic E-state index is 13.6. The van der Waals surface area contributed by atoms with E-state index in [-0.39, 0.29) is 11.3 Å². The van der Waals surface area contributed by atoms with Gasteiger partial charge in [0.1, 0.15) is 11.5 Å². The van der Waals surface area contributed by atoms with Crippen molar-refractivity contribution in [2.24, 2.45) is 0 Å². The highest BCUT2D eigenvalue weighted by molar-refractivity contribution is 9.10. The first kappa shape index (κ1) is 14.2. The third-order valence-electron chi connectivity index (χ3n) is 2.19. The third kappa shape index (κ3) is 3.22. The van der Waals surface area contributed by atoms with Crippen molar-refractivity contribution >= 4 is 27.5 Å². The van der Waals surface area contributed by atoms with Gasteiger partial charge in [-0.15, -0.1) is 0 Å². The average molecular weight is 356 g/mol. The molecule has 0 atom stereocenters. The summed E-state index contributed by atoms with van der Waals surface area (Å²) in [7, 11) is 0. The predicted octanol–water partition coefficient (Wildman–Crippen LogP) is 4.72. The Balaban J connectivity index is 2.63. The Morgan fingerprint density at radius 1 is 1.11 bits per heavy atom. The number of hydrogen-bond acceptors (Lipinski definition) is 2. The van der Waals surface area contributed by atoms with Crippen molar-refractivity contribution in [2.45, 2.75) is 6.18 Å². The lowest BCUT2D eigenvalue weighted by molar-refractivity contribution is -0.141. The Morgan fingerprint density at radius 3 is 2.42 bits per heavy atom. The molecule has 2 aromatic rings. The van der Waals surface area contributed by atoms with Crippen molar-refractivity contribution in [1.82, 2.24) is 9.97 Å². The van der Waals surface area contributed by atoms with Crippen LogP contribution in [0, 0.1) is 5.82 Å². The topological polar surface area (TPSA) is 25.8 Å². The van der Waals surface area contributed by atoms with Gasteiger partial charge in [0.2, 0.25) is 5.28 Å². The van der Waals surface area contributed by atoms with Crippen molar-refractivity contribution in [3.05, 3.63) is 45.5 Å². The van der Waals surface area contributed by atoms with E-state index in [1.807, 2.05) is 0 Å². The number of benzene rings is 1. The fourth-order valence-corrected chi connectivity index (χ4v) is 1.94. The predicted molar refractivity (Wildman–Crippen MR) is 65.1 cm³/mol. The van der Waals surface area contributed by atoms with E-state index in [9.17, 15) is 17.6 Å². The molecule has 0 saturated heterocycles. The van der Waals surface area contributed by atoms with E-state index in [1.165, 1.54) is 12.1 Å². The fraction of sp³-hybridized carbons (Fsp3) is 0.0909. The number of rotatable bonds is 1. The van der Waals surface area contributed by atoms with Crippen LogP contribution in [0.15, 0.2) is 28.7 Å². The SMILES string of the molecule is Fc1ccc(Br)cc1-c1cc(C(F)(F)F)nc(Cl)n1. The van der Waals surface area contributed by atoms with Crippen LogP contribution in [0.4, 0.5) is 17.6 Å². The molecule has 0 radical (unpaired) electrons. The summed E-state index contributed by atoms with van der Waals surface area (Å²) in [5.74, 6) is -0.703. The number of alkyl halides is 3. The number of aromatic nitrogens is 2. The van der Waals surface area contributed by atoms with Gasteiger partial charge in [-0.25, -0.2) is 14.4 Å². The Hall–Kier alpha value is -1.21. The average Bonchev–Trinajstić information content (AvgIpc) is 2.30. The van der Waals surface area contributed by atoms with E-state index < -0.39 is 23.0 Å². The lowest BCUT2D eigenvalue weighted by Crippen LogP contribution is -2.09. The summed E-state index contributed by atoms with van der Waals surface area (Å²) in [6.07, 6.45) is -4.68. The van der Waals surface area contributed by atoms with Gasteiger partial charge in [0, 0.05) is 10.0 Å².